The fourth-order valence-electron chi connectivity index (χ4n) is 0.581. The Labute approximate surface area is 53.9 Å². The Morgan fingerprint density at radius 1 is 1.86 bits per heavy atom. The molecule has 0 aromatic rings. The van der Waals surface area contributed by atoms with Crippen LogP contribution in [0.3, 0.4) is 0 Å². The molecule has 3 heteroatoms. The van der Waals surface area contributed by atoms with E-state index in [9.17, 15) is 0 Å². The van der Waals surface area contributed by atoms with Crippen LogP contribution in [0.2, 0.25) is 0 Å². The highest BCUT2D eigenvalue weighted by molar-refractivity contribution is 7.86. The maximum Gasteiger partial charge on any atom is 0.0883 e. The minimum atomic E-state index is 0.329. The molecule has 0 bridgehead atoms. The molecule has 40 valence electrons. The van der Waals surface area contributed by atoms with E-state index in [4.69, 9.17) is 12.2 Å². The van der Waals surface area contributed by atoms with Crippen LogP contribution in [0.4, 0.5) is 0 Å². The predicted octanol–water partition coefficient (Wildman–Crippen LogP) is 0.605. The van der Waals surface area contributed by atoms with Gasteiger partial charge >= 0.3 is 0 Å². The highest BCUT2D eigenvalue weighted by Crippen LogP contribution is 2.07. The zero-order chi connectivity index (χ0) is 5.28. The largest absolute Gasteiger partial charge is 0.379 e. The summed E-state index contributed by atoms with van der Waals surface area (Å²) in [6, 6.07) is 0. The summed E-state index contributed by atoms with van der Waals surface area (Å²) in [5.41, 5.74) is 0. The van der Waals surface area contributed by atoms with Gasteiger partial charge in [0.15, 0.2) is 0 Å². The Bertz CT molecular complexity index is 91.7. The molecule has 1 atom stereocenters. The summed E-state index contributed by atoms with van der Waals surface area (Å²) < 4.78 is 0. The standard InChI is InChI=1S/C4H7NS2/c6-3-1-2-5-4(3)7/h3,6H,1-2H2,(H,5,7). The van der Waals surface area contributed by atoms with Gasteiger partial charge in [-0.3, -0.25) is 0 Å². The SMILES string of the molecule is S=C1NCCC1S. The quantitative estimate of drug-likeness (QED) is 0.371. The molecule has 0 spiro atoms. The van der Waals surface area contributed by atoms with Crippen molar-refractivity contribution in [2.75, 3.05) is 6.54 Å². The lowest BCUT2D eigenvalue weighted by molar-refractivity contribution is 0.921. The molecule has 0 amide bonds. The molecule has 0 radical (unpaired) electrons. The third kappa shape index (κ3) is 1.07. The smallest absolute Gasteiger partial charge is 0.0883 e. The molecule has 1 saturated heterocycles. The molecule has 0 aromatic carbocycles. The summed E-state index contributed by atoms with van der Waals surface area (Å²) in [6.07, 6.45) is 1.09. The molecule has 1 aliphatic heterocycles. The van der Waals surface area contributed by atoms with Crippen LogP contribution in [0.15, 0.2) is 0 Å². The Balaban J connectivity index is 2.48. The van der Waals surface area contributed by atoms with E-state index in [0.717, 1.165) is 18.0 Å². The van der Waals surface area contributed by atoms with Gasteiger partial charge in [-0.05, 0) is 6.42 Å². The summed E-state index contributed by atoms with van der Waals surface area (Å²) in [7, 11) is 0. The number of thiocarbonyl (C=S) groups is 1. The molecular weight excluding hydrogens is 126 g/mol. The van der Waals surface area contributed by atoms with Crippen LogP contribution < -0.4 is 5.32 Å². The topological polar surface area (TPSA) is 12.0 Å². The van der Waals surface area contributed by atoms with Gasteiger partial charge in [-0.1, -0.05) is 12.2 Å². The molecule has 7 heavy (non-hydrogen) atoms. The van der Waals surface area contributed by atoms with E-state index in [1.54, 1.807) is 0 Å². The van der Waals surface area contributed by atoms with E-state index in [0.29, 0.717) is 5.25 Å². The van der Waals surface area contributed by atoms with Crippen molar-refractivity contribution in [1.29, 1.82) is 0 Å². The van der Waals surface area contributed by atoms with E-state index >= 15 is 0 Å². The Kier molecular flexibility index (Phi) is 1.54. The van der Waals surface area contributed by atoms with Crippen LogP contribution in [0, 0.1) is 0 Å². The third-order valence-electron chi connectivity index (χ3n) is 1.02. The molecule has 0 aliphatic carbocycles. The average molecular weight is 133 g/mol. The average Bonchev–Trinajstić information content (AvgIpc) is 1.91. The Hall–Kier alpha value is 0.240. The summed E-state index contributed by atoms with van der Waals surface area (Å²) in [4.78, 5) is 0.906. The predicted molar refractivity (Wildman–Crippen MR) is 38.0 cm³/mol. The van der Waals surface area contributed by atoms with Crippen LogP contribution in [-0.4, -0.2) is 16.8 Å². The number of hydrogen-bond donors (Lipinski definition) is 2. The molecular formula is C4H7NS2. The molecule has 1 fully saturated rings. The lowest BCUT2D eigenvalue weighted by Crippen LogP contribution is -2.16. The molecule has 1 N–H and O–H groups in total. The van der Waals surface area contributed by atoms with Gasteiger partial charge in [0.2, 0.25) is 0 Å². The summed E-state index contributed by atoms with van der Waals surface area (Å²) in [5.74, 6) is 0. The second kappa shape index (κ2) is 2.01. The first-order valence-electron chi connectivity index (χ1n) is 2.26. The first kappa shape index (κ1) is 5.38. The van der Waals surface area contributed by atoms with E-state index < -0.39 is 0 Å². The van der Waals surface area contributed by atoms with Gasteiger partial charge in [-0.15, -0.1) is 0 Å². The van der Waals surface area contributed by atoms with Crippen molar-refractivity contribution in [2.45, 2.75) is 11.7 Å². The fraction of sp³-hybridized carbons (Fsp3) is 0.750. The monoisotopic (exact) mass is 133 g/mol. The minimum Gasteiger partial charge on any atom is -0.379 e. The van der Waals surface area contributed by atoms with Crippen molar-refractivity contribution in [3.05, 3.63) is 0 Å². The summed E-state index contributed by atoms with van der Waals surface area (Å²) in [6.45, 7) is 1.01. The van der Waals surface area contributed by atoms with Crippen LogP contribution in [0.25, 0.3) is 0 Å². The molecule has 0 aromatic heterocycles. The third-order valence-corrected chi connectivity index (χ3v) is 2.14. The maximum absolute atomic E-state index is 4.85. The number of hydrogen-bond acceptors (Lipinski definition) is 2. The van der Waals surface area contributed by atoms with Crippen molar-refractivity contribution in [1.82, 2.24) is 5.32 Å². The molecule has 1 aliphatic rings. The van der Waals surface area contributed by atoms with Gasteiger partial charge < -0.3 is 5.32 Å². The molecule has 1 rings (SSSR count). The summed E-state index contributed by atoms with van der Waals surface area (Å²) in [5, 5.41) is 3.35. The van der Waals surface area contributed by atoms with Crippen molar-refractivity contribution in [3.8, 4) is 0 Å². The number of rotatable bonds is 0. The zero-order valence-electron chi connectivity index (χ0n) is 3.85. The van der Waals surface area contributed by atoms with E-state index in [1.807, 2.05) is 0 Å². The van der Waals surface area contributed by atoms with E-state index in [2.05, 4.69) is 17.9 Å². The van der Waals surface area contributed by atoms with Crippen molar-refractivity contribution >= 4 is 29.8 Å². The molecule has 0 saturated carbocycles. The molecule has 1 unspecified atom stereocenters. The van der Waals surface area contributed by atoms with Gasteiger partial charge in [0, 0.05) is 6.54 Å². The Morgan fingerprint density at radius 3 is 2.71 bits per heavy atom. The number of thiol groups is 1. The normalized spacial score (nSPS) is 30.4. The van der Waals surface area contributed by atoms with Gasteiger partial charge in [-0.2, -0.15) is 12.6 Å². The van der Waals surface area contributed by atoms with Crippen LogP contribution in [0.5, 0.6) is 0 Å². The zero-order valence-corrected chi connectivity index (χ0v) is 5.56. The van der Waals surface area contributed by atoms with Crippen LogP contribution in [-0.2, 0) is 0 Å². The highest BCUT2D eigenvalue weighted by atomic mass is 32.1. The first-order chi connectivity index (χ1) is 3.30. The van der Waals surface area contributed by atoms with Crippen molar-refractivity contribution < 1.29 is 0 Å². The fourth-order valence-corrected chi connectivity index (χ4v) is 1.02. The van der Waals surface area contributed by atoms with Crippen molar-refractivity contribution in [2.24, 2.45) is 0 Å². The second-order valence-corrected chi connectivity index (χ2v) is 2.66. The second-order valence-electron chi connectivity index (χ2n) is 1.60. The Morgan fingerprint density at radius 2 is 2.57 bits per heavy atom. The lowest BCUT2D eigenvalue weighted by Gasteiger charge is -1.94. The van der Waals surface area contributed by atoms with Gasteiger partial charge in [0.05, 0.1) is 10.2 Å². The molecule has 1 heterocycles. The lowest BCUT2D eigenvalue weighted by atomic mass is 10.4. The van der Waals surface area contributed by atoms with Gasteiger partial charge in [-0.25, -0.2) is 0 Å². The summed E-state index contributed by atoms with van der Waals surface area (Å²) >= 11 is 9.04. The van der Waals surface area contributed by atoms with E-state index in [-0.39, 0.29) is 0 Å². The molecule has 1 nitrogen and oxygen atoms in total. The van der Waals surface area contributed by atoms with Crippen LogP contribution >= 0.6 is 24.8 Å². The minimum absolute atomic E-state index is 0.329. The van der Waals surface area contributed by atoms with Gasteiger partial charge in [0.1, 0.15) is 0 Å². The number of nitrogens with one attached hydrogen (secondary N) is 1. The van der Waals surface area contributed by atoms with Crippen molar-refractivity contribution in [3.63, 3.8) is 0 Å². The highest BCUT2D eigenvalue weighted by Gasteiger charge is 2.14. The van der Waals surface area contributed by atoms with Crippen LogP contribution in [0.1, 0.15) is 6.42 Å². The first-order valence-corrected chi connectivity index (χ1v) is 3.19. The van der Waals surface area contributed by atoms with E-state index in [1.165, 1.54) is 0 Å². The van der Waals surface area contributed by atoms with Gasteiger partial charge in [0.25, 0.3) is 0 Å². The maximum atomic E-state index is 4.85.